The van der Waals surface area contributed by atoms with Gasteiger partial charge in [0, 0.05) is 11.5 Å². The van der Waals surface area contributed by atoms with E-state index in [9.17, 15) is 10.1 Å². The highest BCUT2D eigenvalue weighted by molar-refractivity contribution is 7.96. The summed E-state index contributed by atoms with van der Waals surface area (Å²) in [5, 5.41) is 13.1. The molecule has 1 amide bonds. The molecule has 7 nitrogen and oxygen atoms in total. The SMILES string of the molecule is CCCNC(=S)OC(C[N+](=O)[O-])c1ccccc1.NC(=O)S. The van der Waals surface area contributed by atoms with Gasteiger partial charge in [0.25, 0.3) is 10.4 Å². The zero-order chi connectivity index (χ0) is 17.0. The second-order valence-electron chi connectivity index (χ2n) is 4.08. The van der Waals surface area contributed by atoms with Crippen molar-refractivity contribution >= 4 is 35.3 Å². The summed E-state index contributed by atoms with van der Waals surface area (Å²) < 4.78 is 5.43. The molecule has 0 aromatic heterocycles. The van der Waals surface area contributed by atoms with Gasteiger partial charge in [-0.1, -0.05) is 49.9 Å². The number of amides is 1. The molecule has 0 saturated carbocycles. The van der Waals surface area contributed by atoms with Crippen molar-refractivity contribution in [1.29, 1.82) is 0 Å². The van der Waals surface area contributed by atoms with Crippen molar-refractivity contribution < 1.29 is 14.5 Å². The number of thiol groups is 1. The maximum Gasteiger partial charge on any atom is 0.273 e. The van der Waals surface area contributed by atoms with E-state index in [2.05, 4.69) is 23.7 Å². The summed E-state index contributed by atoms with van der Waals surface area (Å²) in [6.07, 6.45) is 0.257. The third-order valence-corrected chi connectivity index (χ3v) is 2.50. The van der Waals surface area contributed by atoms with E-state index in [1.807, 2.05) is 25.1 Å². The molecule has 1 atom stereocenters. The molecule has 9 heteroatoms. The molecule has 0 aliphatic heterocycles. The molecule has 122 valence electrons. The van der Waals surface area contributed by atoms with Crippen LogP contribution in [0.1, 0.15) is 25.0 Å². The first-order valence-corrected chi connectivity index (χ1v) is 7.32. The van der Waals surface area contributed by atoms with Crippen LogP contribution in [0.5, 0.6) is 0 Å². The fraction of sp³-hybridized carbons (Fsp3) is 0.385. The maximum atomic E-state index is 10.6. The van der Waals surface area contributed by atoms with Crippen LogP contribution in [0.2, 0.25) is 0 Å². The number of nitrogens with zero attached hydrogens (tertiary/aromatic N) is 1. The highest BCUT2D eigenvalue weighted by Crippen LogP contribution is 2.17. The highest BCUT2D eigenvalue weighted by atomic mass is 32.1. The van der Waals surface area contributed by atoms with Crippen molar-refractivity contribution in [3.8, 4) is 0 Å². The molecule has 1 unspecified atom stereocenters. The van der Waals surface area contributed by atoms with Crippen LogP contribution in [0.25, 0.3) is 0 Å². The number of nitro groups is 1. The maximum absolute atomic E-state index is 10.6. The molecule has 0 spiro atoms. The number of hydrogen-bond donors (Lipinski definition) is 3. The average molecular weight is 345 g/mol. The number of thiocarbonyl (C=S) groups is 1. The largest absolute Gasteiger partial charge is 0.456 e. The molecule has 1 rings (SSSR count). The van der Waals surface area contributed by atoms with Crippen molar-refractivity contribution in [1.82, 2.24) is 5.32 Å². The first-order valence-electron chi connectivity index (χ1n) is 6.46. The van der Waals surface area contributed by atoms with Gasteiger partial charge in [0.05, 0.1) is 0 Å². The van der Waals surface area contributed by atoms with Gasteiger partial charge in [0.2, 0.25) is 6.54 Å². The predicted molar refractivity (Wildman–Crippen MR) is 91.6 cm³/mol. The predicted octanol–water partition coefficient (Wildman–Crippen LogP) is 2.30. The second-order valence-corrected chi connectivity index (χ2v) is 4.90. The Morgan fingerprint density at radius 1 is 1.50 bits per heavy atom. The summed E-state index contributed by atoms with van der Waals surface area (Å²) in [6, 6.07) is 9.05. The number of nitrogens with one attached hydrogen (secondary N) is 1. The number of nitrogens with two attached hydrogens (primary N) is 1. The van der Waals surface area contributed by atoms with Crippen molar-refractivity contribution in [2.45, 2.75) is 19.4 Å². The Morgan fingerprint density at radius 3 is 2.50 bits per heavy atom. The van der Waals surface area contributed by atoms with Crippen molar-refractivity contribution in [3.63, 3.8) is 0 Å². The lowest BCUT2D eigenvalue weighted by Crippen LogP contribution is -2.28. The van der Waals surface area contributed by atoms with E-state index in [0.717, 1.165) is 12.0 Å². The molecule has 0 aliphatic carbocycles. The monoisotopic (exact) mass is 345 g/mol. The lowest BCUT2D eigenvalue weighted by molar-refractivity contribution is -0.490. The fourth-order valence-corrected chi connectivity index (χ4v) is 1.63. The number of carbonyl (C=O) groups is 1. The van der Waals surface area contributed by atoms with E-state index >= 15 is 0 Å². The molecular weight excluding hydrogens is 326 g/mol. The van der Waals surface area contributed by atoms with Gasteiger partial charge in [-0.2, -0.15) is 0 Å². The molecular formula is C13H19N3O4S2. The highest BCUT2D eigenvalue weighted by Gasteiger charge is 2.20. The molecule has 1 aromatic rings. The third-order valence-electron chi connectivity index (χ3n) is 2.25. The van der Waals surface area contributed by atoms with Gasteiger partial charge >= 0.3 is 0 Å². The van der Waals surface area contributed by atoms with E-state index in [1.54, 1.807) is 12.1 Å². The number of benzene rings is 1. The second kappa shape index (κ2) is 11.8. The van der Waals surface area contributed by atoms with Gasteiger partial charge in [-0.05, 0) is 24.2 Å². The van der Waals surface area contributed by atoms with Crippen LogP contribution in [-0.4, -0.2) is 28.4 Å². The summed E-state index contributed by atoms with van der Waals surface area (Å²) >= 11 is 8.10. The van der Waals surface area contributed by atoms with E-state index in [1.165, 1.54) is 0 Å². The van der Waals surface area contributed by atoms with Crippen molar-refractivity contribution in [2.75, 3.05) is 13.1 Å². The number of hydrogen-bond acceptors (Lipinski definition) is 5. The molecule has 0 saturated heterocycles. The lowest BCUT2D eigenvalue weighted by atomic mass is 10.1. The standard InChI is InChI=1S/C12H16N2O3S.CH3NOS/c1-2-8-13-12(18)17-11(9-14(15)16)10-6-4-3-5-7-10;2-1(3)4/h3-7,11H,2,8-9H2,1H3,(H,13,18);(H3,2,3,4). The lowest BCUT2D eigenvalue weighted by Gasteiger charge is -2.17. The first kappa shape index (κ1) is 20.1. The summed E-state index contributed by atoms with van der Waals surface area (Å²) in [4.78, 5) is 19.3. The molecule has 0 bridgehead atoms. The average Bonchev–Trinajstić information content (AvgIpc) is 2.44. The summed E-state index contributed by atoms with van der Waals surface area (Å²) in [7, 11) is 0. The zero-order valence-corrected chi connectivity index (χ0v) is 13.8. The van der Waals surface area contributed by atoms with Crippen LogP contribution >= 0.6 is 24.8 Å². The van der Waals surface area contributed by atoms with Gasteiger partial charge in [-0.3, -0.25) is 14.9 Å². The molecule has 0 aliphatic rings. The minimum atomic E-state index is -0.655. The molecule has 0 heterocycles. The summed E-state index contributed by atoms with van der Waals surface area (Å²) in [6.45, 7) is 2.39. The Morgan fingerprint density at radius 2 is 2.05 bits per heavy atom. The molecule has 0 radical (unpaired) electrons. The van der Waals surface area contributed by atoms with Gasteiger partial charge < -0.3 is 15.8 Å². The summed E-state index contributed by atoms with van der Waals surface area (Å²) in [5.41, 5.74) is 5.08. The Labute approximate surface area is 139 Å². The normalized spacial score (nSPS) is 10.6. The zero-order valence-electron chi connectivity index (χ0n) is 12.1. The van der Waals surface area contributed by atoms with Crippen LogP contribution in [0, 0.1) is 10.1 Å². The number of rotatable bonds is 6. The number of primary amides is 1. The van der Waals surface area contributed by atoms with Gasteiger partial charge in [-0.15, -0.1) is 0 Å². The van der Waals surface area contributed by atoms with Gasteiger partial charge in [0.15, 0.2) is 6.10 Å². The Balaban J connectivity index is 0.000000980. The fourth-order valence-electron chi connectivity index (χ4n) is 1.41. The van der Waals surface area contributed by atoms with Crippen LogP contribution in [0.4, 0.5) is 4.79 Å². The smallest absolute Gasteiger partial charge is 0.273 e. The topological polar surface area (TPSA) is 107 Å². The van der Waals surface area contributed by atoms with Crippen molar-refractivity contribution in [3.05, 3.63) is 46.0 Å². The van der Waals surface area contributed by atoms with E-state index in [4.69, 9.17) is 21.7 Å². The van der Waals surface area contributed by atoms with Gasteiger partial charge in [-0.25, -0.2) is 0 Å². The Kier molecular flexibility index (Phi) is 10.8. The first-order chi connectivity index (χ1) is 10.4. The Hall–Kier alpha value is -1.87. The van der Waals surface area contributed by atoms with E-state index < -0.39 is 16.3 Å². The molecule has 1 aromatic carbocycles. The Bertz CT molecular complexity index is 481. The minimum absolute atomic E-state index is 0.201. The van der Waals surface area contributed by atoms with Crippen molar-refractivity contribution in [2.24, 2.45) is 5.73 Å². The summed E-state index contributed by atoms with van der Waals surface area (Å²) in [5.74, 6) is 0. The molecule has 22 heavy (non-hydrogen) atoms. The van der Waals surface area contributed by atoms with E-state index in [0.29, 0.717) is 6.54 Å². The van der Waals surface area contributed by atoms with Crippen LogP contribution in [-0.2, 0) is 4.74 Å². The van der Waals surface area contributed by atoms with Crippen LogP contribution in [0.15, 0.2) is 30.3 Å². The molecule has 0 fully saturated rings. The third kappa shape index (κ3) is 10.9. The quantitative estimate of drug-likeness (QED) is 0.316. The van der Waals surface area contributed by atoms with Gasteiger partial charge in [0.1, 0.15) is 0 Å². The minimum Gasteiger partial charge on any atom is -0.456 e. The van der Waals surface area contributed by atoms with Crippen LogP contribution in [0.3, 0.4) is 0 Å². The molecule has 3 N–H and O–H groups in total. The van der Waals surface area contributed by atoms with Crippen LogP contribution < -0.4 is 11.1 Å². The number of ether oxygens (including phenoxy) is 1. The van der Waals surface area contributed by atoms with E-state index in [-0.39, 0.29) is 11.7 Å². The number of carbonyl (C=O) groups excluding carboxylic acids is 1.